The van der Waals surface area contributed by atoms with Gasteiger partial charge in [0.25, 0.3) is 0 Å². The molecule has 9 heteroatoms. The van der Waals surface area contributed by atoms with Crippen molar-refractivity contribution in [2.45, 2.75) is 0 Å². The van der Waals surface area contributed by atoms with Crippen LogP contribution in [0.3, 0.4) is 0 Å². The maximum Gasteiger partial charge on any atom is 0.231 e. The first-order chi connectivity index (χ1) is 15.6. The molecular weight excluding hydrogens is 448 g/mol. The molecule has 2 aromatic heterocycles. The number of ether oxygens (including phenoxy) is 4. The van der Waals surface area contributed by atoms with E-state index in [1.165, 1.54) is 22.7 Å². The fraction of sp³-hybridized carbons (Fsp3) is 0.174. The molecule has 0 saturated carbocycles. The van der Waals surface area contributed by atoms with Gasteiger partial charge in [0.15, 0.2) is 23.0 Å². The smallest absolute Gasteiger partial charge is 0.231 e. The normalized spacial score (nSPS) is 10.6. The standard InChI is InChI=1S/C23H20N2O5S2/c1-27-17-7-5-13(9-19(17)29-3)22-24-15(11-31-22)21(26)16-12-32-23(25-16)14-6-8-18(28-2)20(10-14)30-4/h5-12H,1-4H3. The topological polar surface area (TPSA) is 79.8 Å². The van der Waals surface area contributed by atoms with E-state index in [4.69, 9.17) is 18.9 Å². The molecule has 2 heterocycles. The molecule has 0 spiro atoms. The molecule has 0 amide bonds. The quantitative estimate of drug-likeness (QED) is 0.329. The highest BCUT2D eigenvalue weighted by Crippen LogP contribution is 2.35. The minimum Gasteiger partial charge on any atom is -0.493 e. The lowest BCUT2D eigenvalue weighted by Gasteiger charge is -2.08. The largest absolute Gasteiger partial charge is 0.493 e. The fourth-order valence-electron chi connectivity index (χ4n) is 3.09. The summed E-state index contributed by atoms with van der Waals surface area (Å²) in [5.41, 5.74) is 2.39. The van der Waals surface area contributed by atoms with Crippen LogP contribution in [0.5, 0.6) is 23.0 Å². The summed E-state index contributed by atoms with van der Waals surface area (Å²) in [5.74, 6) is 2.25. The summed E-state index contributed by atoms with van der Waals surface area (Å²) in [5, 5.41) is 4.91. The first-order valence-electron chi connectivity index (χ1n) is 9.48. The number of carbonyl (C=O) groups is 1. The Morgan fingerprint density at radius 2 is 1.06 bits per heavy atom. The number of benzene rings is 2. The summed E-state index contributed by atoms with van der Waals surface area (Å²) in [6.07, 6.45) is 0. The molecule has 2 aromatic carbocycles. The second-order valence-electron chi connectivity index (χ2n) is 6.54. The Morgan fingerprint density at radius 1 is 0.656 bits per heavy atom. The van der Waals surface area contributed by atoms with E-state index in [9.17, 15) is 4.79 Å². The van der Waals surface area contributed by atoms with Gasteiger partial charge >= 0.3 is 0 Å². The highest BCUT2D eigenvalue weighted by Gasteiger charge is 2.19. The lowest BCUT2D eigenvalue weighted by molar-refractivity contribution is 0.103. The van der Waals surface area contributed by atoms with Crippen LogP contribution in [0.1, 0.15) is 16.2 Å². The van der Waals surface area contributed by atoms with E-state index in [2.05, 4.69) is 9.97 Å². The van der Waals surface area contributed by atoms with Gasteiger partial charge in [-0.1, -0.05) is 0 Å². The van der Waals surface area contributed by atoms with Crippen LogP contribution >= 0.6 is 22.7 Å². The zero-order chi connectivity index (χ0) is 22.7. The van der Waals surface area contributed by atoms with Crippen LogP contribution in [-0.2, 0) is 0 Å². The fourth-order valence-corrected chi connectivity index (χ4v) is 4.69. The van der Waals surface area contributed by atoms with Crippen molar-refractivity contribution in [3.8, 4) is 44.1 Å². The van der Waals surface area contributed by atoms with E-state index in [0.29, 0.717) is 44.4 Å². The molecule has 4 aromatic rings. The lowest BCUT2D eigenvalue weighted by Crippen LogP contribution is -2.02. The molecule has 0 bridgehead atoms. The third kappa shape index (κ3) is 4.17. The maximum absolute atomic E-state index is 13.0. The number of ketones is 1. The van der Waals surface area contributed by atoms with Crippen molar-refractivity contribution < 1.29 is 23.7 Å². The molecule has 0 aliphatic carbocycles. The van der Waals surface area contributed by atoms with Crippen molar-refractivity contribution >= 4 is 28.5 Å². The average molecular weight is 469 g/mol. The Kier molecular flexibility index (Phi) is 6.38. The number of hydrogen-bond acceptors (Lipinski definition) is 9. The molecule has 0 unspecified atom stereocenters. The van der Waals surface area contributed by atoms with Gasteiger partial charge < -0.3 is 18.9 Å². The highest BCUT2D eigenvalue weighted by molar-refractivity contribution is 7.13. The number of thiazole rings is 2. The van der Waals surface area contributed by atoms with Crippen LogP contribution in [0.4, 0.5) is 0 Å². The van der Waals surface area contributed by atoms with Crippen LogP contribution in [0, 0.1) is 0 Å². The Morgan fingerprint density at radius 3 is 1.44 bits per heavy atom. The van der Waals surface area contributed by atoms with E-state index < -0.39 is 0 Å². The SMILES string of the molecule is COc1ccc(-c2nc(C(=O)c3csc(-c4ccc(OC)c(OC)c4)n3)cs2)cc1OC. The van der Waals surface area contributed by atoms with Crippen LogP contribution in [0.25, 0.3) is 21.1 Å². The maximum atomic E-state index is 13.0. The first-order valence-corrected chi connectivity index (χ1v) is 11.2. The Bertz CT molecular complexity index is 1170. The zero-order valence-electron chi connectivity index (χ0n) is 17.9. The first kappa shape index (κ1) is 21.8. The third-order valence-corrected chi connectivity index (χ3v) is 6.52. The molecule has 0 atom stereocenters. The van der Waals surface area contributed by atoms with Crippen molar-refractivity contribution in [3.63, 3.8) is 0 Å². The monoisotopic (exact) mass is 468 g/mol. The number of carbonyl (C=O) groups excluding carboxylic acids is 1. The summed E-state index contributed by atoms with van der Waals surface area (Å²) in [4.78, 5) is 22.0. The van der Waals surface area contributed by atoms with Crippen molar-refractivity contribution in [1.82, 2.24) is 9.97 Å². The Hall–Kier alpha value is -3.43. The highest BCUT2D eigenvalue weighted by atomic mass is 32.1. The molecule has 0 N–H and O–H groups in total. The average Bonchev–Trinajstić information content (AvgIpc) is 3.53. The van der Waals surface area contributed by atoms with Crippen molar-refractivity contribution in [2.75, 3.05) is 28.4 Å². The van der Waals surface area contributed by atoms with Gasteiger partial charge in [-0.15, -0.1) is 22.7 Å². The predicted molar refractivity (Wildman–Crippen MR) is 125 cm³/mol. The van der Waals surface area contributed by atoms with Crippen molar-refractivity contribution in [1.29, 1.82) is 0 Å². The Balaban J connectivity index is 1.58. The van der Waals surface area contributed by atoms with Crippen LogP contribution in [0.2, 0.25) is 0 Å². The summed E-state index contributed by atoms with van der Waals surface area (Å²) < 4.78 is 21.3. The van der Waals surface area contributed by atoms with E-state index in [-0.39, 0.29) is 5.78 Å². The number of nitrogens with zero attached hydrogens (tertiary/aromatic N) is 2. The zero-order valence-corrected chi connectivity index (χ0v) is 19.5. The van der Waals surface area contributed by atoms with E-state index >= 15 is 0 Å². The van der Waals surface area contributed by atoms with Crippen molar-refractivity contribution in [2.24, 2.45) is 0 Å². The second kappa shape index (κ2) is 9.37. The molecule has 4 rings (SSSR count). The molecule has 0 aliphatic rings. The van der Waals surface area contributed by atoms with Gasteiger partial charge in [0.05, 0.1) is 28.4 Å². The molecule has 0 fully saturated rings. The van der Waals surface area contributed by atoms with Gasteiger partial charge in [-0.25, -0.2) is 9.97 Å². The summed E-state index contributed by atoms with van der Waals surface area (Å²) in [6, 6.07) is 11.1. The van der Waals surface area contributed by atoms with Gasteiger partial charge in [0.2, 0.25) is 5.78 Å². The summed E-state index contributed by atoms with van der Waals surface area (Å²) in [6.45, 7) is 0. The van der Waals surface area contributed by atoms with Crippen LogP contribution < -0.4 is 18.9 Å². The molecule has 0 aliphatic heterocycles. The predicted octanol–water partition coefficient (Wildman–Crippen LogP) is 5.20. The van der Waals surface area contributed by atoms with Gasteiger partial charge in [-0.3, -0.25) is 4.79 Å². The van der Waals surface area contributed by atoms with E-state index in [1.807, 2.05) is 36.4 Å². The van der Waals surface area contributed by atoms with Gasteiger partial charge in [0, 0.05) is 21.9 Å². The van der Waals surface area contributed by atoms with Crippen LogP contribution in [0.15, 0.2) is 47.2 Å². The lowest BCUT2D eigenvalue weighted by atomic mass is 10.2. The van der Waals surface area contributed by atoms with Gasteiger partial charge in [0.1, 0.15) is 21.4 Å². The number of rotatable bonds is 8. The number of hydrogen-bond donors (Lipinski definition) is 0. The Labute approximate surface area is 193 Å². The van der Waals surface area contributed by atoms with Crippen LogP contribution in [-0.4, -0.2) is 44.2 Å². The second-order valence-corrected chi connectivity index (χ2v) is 8.26. The van der Waals surface area contributed by atoms with E-state index in [0.717, 1.165) is 11.1 Å². The molecule has 7 nitrogen and oxygen atoms in total. The number of aromatic nitrogens is 2. The van der Waals surface area contributed by atoms with Crippen molar-refractivity contribution in [3.05, 3.63) is 58.5 Å². The number of methoxy groups -OCH3 is 4. The minimum absolute atomic E-state index is 0.226. The molecule has 0 radical (unpaired) electrons. The molecule has 32 heavy (non-hydrogen) atoms. The molecular formula is C23H20N2O5S2. The molecule has 0 saturated heterocycles. The third-order valence-electron chi connectivity index (χ3n) is 4.73. The minimum atomic E-state index is -0.226. The van der Waals surface area contributed by atoms with Gasteiger partial charge in [-0.2, -0.15) is 0 Å². The molecule has 164 valence electrons. The summed E-state index contributed by atoms with van der Waals surface area (Å²) in [7, 11) is 6.33. The van der Waals surface area contributed by atoms with Gasteiger partial charge in [-0.05, 0) is 36.4 Å². The summed E-state index contributed by atoms with van der Waals surface area (Å²) >= 11 is 2.77. The van der Waals surface area contributed by atoms with E-state index in [1.54, 1.807) is 39.2 Å².